The van der Waals surface area contributed by atoms with E-state index in [1.54, 1.807) is 0 Å². The molecule has 1 aliphatic carbocycles. The van der Waals surface area contributed by atoms with Gasteiger partial charge in [-0.15, -0.1) is 0 Å². The maximum absolute atomic E-state index is 11.4. The van der Waals surface area contributed by atoms with Crippen LogP contribution in [-0.2, 0) is 0 Å². The van der Waals surface area contributed by atoms with E-state index in [1.165, 1.54) is 12.4 Å². The predicted molar refractivity (Wildman–Crippen MR) is 44.1 cm³/mol. The Hall–Kier alpha value is -0.960. The maximum Gasteiger partial charge on any atom is 0.187 e. The largest absolute Gasteiger partial charge is 0.292 e. The van der Waals surface area contributed by atoms with Gasteiger partial charge in [0.2, 0.25) is 0 Å². The summed E-state index contributed by atoms with van der Waals surface area (Å²) in [6.45, 7) is 0. The van der Waals surface area contributed by atoms with E-state index in [4.69, 9.17) is 11.6 Å². The summed E-state index contributed by atoms with van der Waals surface area (Å²) in [5.41, 5.74) is 0.321. The van der Waals surface area contributed by atoms with Crippen LogP contribution in [0.4, 0.5) is 0 Å². The van der Waals surface area contributed by atoms with Crippen molar-refractivity contribution in [2.45, 2.75) is 12.8 Å². The monoisotopic (exact) mass is 182 g/mol. The Balaban J connectivity index is 2.32. The van der Waals surface area contributed by atoms with Gasteiger partial charge in [-0.05, 0) is 12.8 Å². The molecule has 0 unspecified atom stereocenters. The lowest BCUT2D eigenvalue weighted by atomic mass is 10.2. The molecule has 0 aliphatic heterocycles. The molecule has 0 atom stereocenters. The van der Waals surface area contributed by atoms with Crippen molar-refractivity contribution >= 4 is 17.4 Å². The van der Waals surface area contributed by atoms with E-state index in [0.717, 1.165) is 12.8 Å². The Labute approximate surface area is 74.8 Å². The quantitative estimate of drug-likeness (QED) is 0.655. The van der Waals surface area contributed by atoms with Crippen LogP contribution in [0.3, 0.4) is 0 Å². The summed E-state index contributed by atoms with van der Waals surface area (Å²) in [6, 6.07) is 0. The molecule has 1 heterocycles. The topological polar surface area (TPSA) is 42.9 Å². The van der Waals surface area contributed by atoms with Gasteiger partial charge in [-0.3, -0.25) is 4.79 Å². The van der Waals surface area contributed by atoms with Gasteiger partial charge in [0.1, 0.15) is 5.69 Å². The minimum atomic E-state index is 0.0353. The second kappa shape index (κ2) is 2.83. The van der Waals surface area contributed by atoms with Crippen molar-refractivity contribution in [1.29, 1.82) is 0 Å². The third-order valence-corrected chi connectivity index (χ3v) is 2.11. The summed E-state index contributed by atoms with van der Waals surface area (Å²) in [6.07, 6.45) is 4.89. The molecule has 62 valence electrons. The molecule has 4 heteroatoms. The Morgan fingerprint density at radius 2 is 2.08 bits per heavy atom. The van der Waals surface area contributed by atoms with E-state index in [0.29, 0.717) is 5.69 Å². The molecule has 1 aromatic rings. The van der Waals surface area contributed by atoms with Crippen molar-refractivity contribution < 1.29 is 4.79 Å². The van der Waals surface area contributed by atoms with Crippen LogP contribution < -0.4 is 0 Å². The first-order valence-corrected chi connectivity index (χ1v) is 4.17. The summed E-state index contributed by atoms with van der Waals surface area (Å²) >= 11 is 5.70. The SMILES string of the molecule is O=C(c1nccnc1Cl)C1CC1. The summed E-state index contributed by atoms with van der Waals surface area (Å²) in [5.74, 6) is 0.187. The second-order valence-electron chi connectivity index (χ2n) is 2.83. The van der Waals surface area contributed by atoms with Crippen LogP contribution in [0.25, 0.3) is 0 Å². The maximum atomic E-state index is 11.4. The van der Waals surface area contributed by atoms with Crippen LogP contribution in [-0.4, -0.2) is 15.8 Å². The molecule has 0 aromatic carbocycles. The Morgan fingerprint density at radius 3 is 2.67 bits per heavy atom. The molecule has 1 saturated carbocycles. The van der Waals surface area contributed by atoms with Crippen LogP contribution in [0.1, 0.15) is 23.3 Å². The fourth-order valence-corrected chi connectivity index (χ4v) is 1.22. The molecule has 3 nitrogen and oxygen atoms in total. The van der Waals surface area contributed by atoms with Crippen molar-refractivity contribution in [1.82, 2.24) is 9.97 Å². The molecule has 0 radical (unpaired) electrons. The highest BCUT2D eigenvalue weighted by molar-refractivity contribution is 6.32. The van der Waals surface area contributed by atoms with Crippen LogP contribution in [0, 0.1) is 5.92 Å². The van der Waals surface area contributed by atoms with Crippen molar-refractivity contribution in [2.75, 3.05) is 0 Å². The number of rotatable bonds is 2. The molecule has 0 spiro atoms. The molecular formula is C8H7ClN2O. The lowest BCUT2D eigenvalue weighted by molar-refractivity contribution is 0.0962. The van der Waals surface area contributed by atoms with E-state index < -0.39 is 0 Å². The van der Waals surface area contributed by atoms with Gasteiger partial charge in [-0.2, -0.15) is 0 Å². The van der Waals surface area contributed by atoms with E-state index >= 15 is 0 Å². The number of hydrogen-bond acceptors (Lipinski definition) is 3. The molecule has 1 aromatic heterocycles. The third-order valence-electron chi connectivity index (χ3n) is 1.84. The van der Waals surface area contributed by atoms with E-state index in [2.05, 4.69) is 9.97 Å². The number of Topliss-reactive ketones (excluding diaryl/α,β-unsaturated/α-hetero) is 1. The molecule has 1 aliphatic rings. The first kappa shape index (κ1) is 7.68. The van der Waals surface area contributed by atoms with E-state index in [-0.39, 0.29) is 16.9 Å². The normalized spacial score (nSPS) is 16.1. The average molecular weight is 183 g/mol. The van der Waals surface area contributed by atoms with E-state index in [1.807, 2.05) is 0 Å². The van der Waals surface area contributed by atoms with Crippen molar-refractivity contribution in [3.63, 3.8) is 0 Å². The molecule has 0 amide bonds. The Bertz CT molecular complexity index is 323. The summed E-state index contributed by atoms with van der Waals surface area (Å²) in [4.78, 5) is 19.1. The first-order chi connectivity index (χ1) is 5.79. The van der Waals surface area contributed by atoms with Crippen molar-refractivity contribution in [2.24, 2.45) is 5.92 Å². The van der Waals surface area contributed by atoms with Gasteiger partial charge in [0.15, 0.2) is 10.9 Å². The number of ketones is 1. The van der Waals surface area contributed by atoms with Crippen molar-refractivity contribution in [3.8, 4) is 0 Å². The van der Waals surface area contributed by atoms with Crippen LogP contribution >= 0.6 is 11.6 Å². The smallest absolute Gasteiger partial charge is 0.187 e. The molecule has 0 N–H and O–H groups in total. The van der Waals surface area contributed by atoms with Crippen LogP contribution in [0.15, 0.2) is 12.4 Å². The van der Waals surface area contributed by atoms with E-state index in [9.17, 15) is 4.79 Å². The third kappa shape index (κ3) is 1.32. The molecule has 1 fully saturated rings. The highest BCUT2D eigenvalue weighted by Crippen LogP contribution is 2.33. The minimum Gasteiger partial charge on any atom is -0.292 e. The standard InChI is InChI=1S/C8H7ClN2O/c9-8-6(10-3-4-11-8)7(12)5-1-2-5/h3-5H,1-2H2. The van der Waals surface area contributed by atoms with Crippen LogP contribution in [0.5, 0.6) is 0 Å². The molecule has 0 saturated heterocycles. The van der Waals surface area contributed by atoms with Gasteiger partial charge in [-0.25, -0.2) is 9.97 Å². The lowest BCUT2D eigenvalue weighted by Gasteiger charge is -1.97. The first-order valence-electron chi connectivity index (χ1n) is 3.80. The number of aromatic nitrogens is 2. The zero-order chi connectivity index (χ0) is 8.55. The van der Waals surface area contributed by atoms with Gasteiger partial charge >= 0.3 is 0 Å². The second-order valence-corrected chi connectivity index (χ2v) is 3.19. The molecule has 12 heavy (non-hydrogen) atoms. The summed E-state index contributed by atoms with van der Waals surface area (Å²) in [7, 11) is 0. The number of carbonyl (C=O) groups is 1. The molecular weight excluding hydrogens is 176 g/mol. The Morgan fingerprint density at radius 1 is 1.42 bits per heavy atom. The summed E-state index contributed by atoms with van der Waals surface area (Å²) < 4.78 is 0. The minimum absolute atomic E-state index is 0.0353. The van der Waals surface area contributed by atoms with Gasteiger partial charge in [-0.1, -0.05) is 11.6 Å². The Kier molecular flexibility index (Phi) is 1.81. The zero-order valence-corrected chi connectivity index (χ0v) is 7.08. The van der Waals surface area contributed by atoms with Gasteiger partial charge in [0.25, 0.3) is 0 Å². The van der Waals surface area contributed by atoms with Gasteiger partial charge in [0.05, 0.1) is 0 Å². The number of halogens is 1. The lowest BCUT2D eigenvalue weighted by Crippen LogP contribution is -2.05. The number of carbonyl (C=O) groups excluding carboxylic acids is 1. The fourth-order valence-electron chi connectivity index (χ4n) is 1.03. The summed E-state index contributed by atoms with van der Waals surface area (Å²) in [5, 5.41) is 0.217. The zero-order valence-electron chi connectivity index (χ0n) is 6.33. The molecule has 0 bridgehead atoms. The fraction of sp³-hybridized carbons (Fsp3) is 0.375. The van der Waals surface area contributed by atoms with Gasteiger partial charge in [0, 0.05) is 18.3 Å². The van der Waals surface area contributed by atoms with Crippen molar-refractivity contribution in [3.05, 3.63) is 23.2 Å². The predicted octanol–water partition coefficient (Wildman–Crippen LogP) is 1.72. The number of hydrogen-bond donors (Lipinski definition) is 0. The average Bonchev–Trinajstić information content (AvgIpc) is 2.86. The van der Waals surface area contributed by atoms with Crippen LogP contribution in [0.2, 0.25) is 5.15 Å². The number of nitrogens with zero attached hydrogens (tertiary/aromatic N) is 2. The molecule has 2 rings (SSSR count). The van der Waals surface area contributed by atoms with Gasteiger partial charge < -0.3 is 0 Å². The highest BCUT2D eigenvalue weighted by Gasteiger charge is 2.32. The highest BCUT2D eigenvalue weighted by atomic mass is 35.5.